The highest BCUT2D eigenvalue weighted by atomic mass is 32.1. The first-order chi connectivity index (χ1) is 26.0. The van der Waals surface area contributed by atoms with Crippen LogP contribution < -0.4 is 4.90 Å². The van der Waals surface area contributed by atoms with Crippen molar-refractivity contribution in [2.24, 2.45) is 0 Å². The fourth-order valence-corrected chi connectivity index (χ4v) is 10.3. The second-order valence-electron chi connectivity index (χ2n) is 14.8. The summed E-state index contributed by atoms with van der Waals surface area (Å²) in [4.78, 5) is 2.43. The number of benzene rings is 8. The van der Waals surface area contributed by atoms with Gasteiger partial charge in [-0.15, -0.1) is 11.3 Å². The van der Waals surface area contributed by atoms with Gasteiger partial charge in [-0.1, -0.05) is 98.8 Å². The fraction of sp³-hybridized carbons (Fsp3) is 0.0612. The number of hydrogen-bond acceptors (Lipinski definition) is 4. The lowest BCUT2D eigenvalue weighted by Gasteiger charge is -2.28. The van der Waals surface area contributed by atoms with Crippen LogP contribution >= 0.6 is 11.3 Å². The number of fused-ring (bicyclic) bond motifs is 15. The molecule has 0 aliphatic heterocycles. The van der Waals surface area contributed by atoms with Crippen molar-refractivity contribution in [3.63, 3.8) is 0 Å². The Kier molecular flexibility index (Phi) is 5.72. The van der Waals surface area contributed by atoms with E-state index >= 15 is 0 Å². The third-order valence-electron chi connectivity index (χ3n) is 11.7. The van der Waals surface area contributed by atoms with E-state index in [4.69, 9.17) is 8.83 Å². The molecule has 0 saturated carbocycles. The Hall–Kier alpha value is -6.36. The van der Waals surface area contributed by atoms with E-state index in [1.54, 1.807) is 0 Å². The van der Waals surface area contributed by atoms with E-state index in [1.807, 2.05) is 23.5 Å². The molecule has 4 heteroatoms. The molecule has 3 nitrogen and oxygen atoms in total. The van der Waals surface area contributed by atoms with Crippen molar-refractivity contribution in [3.8, 4) is 11.1 Å². The van der Waals surface area contributed by atoms with Crippen LogP contribution in [0.2, 0.25) is 0 Å². The van der Waals surface area contributed by atoms with Crippen LogP contribution in [0.25, 0.3) is 85.9 Å². The summed E-state index contributed by atoms with van der Waals surface area (Å²) in [6, 6.07) is 55.0. The molecule has 250 valence electrons. The highest BCUT2D eigenvalue weighted by molar-refractivity contribution is 7.26. The van der Waals surface area contributed by atoms with Crippen molar-refractivity contribution in [2.45, 2.75) is 19.3 Å². The van der Waals surface area contributed by atoms with Gasteiger partial charge in [-0.05, 0) is 88.3 Å². The van der Waals surface area contributed by atoms with Crippen LogP contribution in [0.1, 0.15) is 25.0 Å². The lowest BCUT2D eigenvalue weighted by atomic mass is 9.82. The standard InChI is InChI=1S/C49H31NO2S/c1-49(2)38-14-7-5-12-32(38)33-22-19-29(26-39(33)49)50(30-20-23-35-34-13-6-8-16-41(34)51-42(35)27-30)40-15-9-17-43-45(40)46-44(53-43)25-24-37-36-21-18-28-10-3-4-11-31(28)47(36)52-48(37)46/h3-27H,1-2H3. The van der Waals surface area contributed by atoms with Crippen LogP contribution in [-0.4, -0.2) is 0 Å². The number of thiophene rings is 1. The monoisotopic (exact) mass is 697 g/mol. The van der Waals surface area contributed by atoms with E-state index in [2.05, 4.69) is 158 Å². The van der Waals surface area contributed by atoms with Gasteiger partial charge in [0.05, 0.1) is 5.69 Å². The van der Waals surface area contributed by atoms with Crippen molar-refractivity contribution in [1.29, 1.82) is 0 Å². The van der Waals surface area contributed by atoms with Crippen LogP contribution in [0.3, 0.4) is 0 Å². The van der Waals surface area contributed by atoms with Gasteiger partial charge in [0.15, 0.2) is 0 Å². The molecule has 0 fully saturated rings. The van der Waals surface area contributed by atoms with E-state index < -0.39 is 0 Å². The van der Waals surface area contributed by atoms with E-state index in [1.165, 1.54) is 42.4 Å². The maximum Gasteiger partial charge on any atom is 0.144 e. The normalized spacial score (nSPS) is 13.6. The Labute approximate surface area is 308 Å². The van der Waals surface area contributed by atoms with Gasteiger partial charge in [-0.3, -0.25) is 0 Å². The number of furan rings is 2. The summed E-state index contributed by atoms with van der Waals surface area (Å²) in [5.74, 6) is 0. The molecule has 53 heavy (non-hydrogen) atoms. The minimum atomic E-state index is -0.138. The van der Waals surface area contributed by atoms with Crippen molar-refractivity contribution >= 4 is 103 Å². The van der Waals surface area contributed by atoms with E-state index in [-0.39, 0.29) is 5.41 Å². The Morgan fingerprint density at radius 3 is 2.11 bits per heavy atom. The molecule has 1 aliphatic rings. The minimum absolute atomic E-state index is 0.138. The van der Waals surface area contributed by atoms with Gasteiger partial charge < -0.3 is 13.7 Å². The van der Waals surface area contributed by atoms with Crippen LogP contribution in [0, 0.1) is 0 Å². The lowest BCUT2D eigenvalue weighted by molar-refractivity contribution is 0.660. The molecule has 3 aromatic heterocycles. The molecule has 0 saturated heterocycles. The predicted octanol–water partition coefficient (Wildman–Crippen LogP) is 14.8. The maximum absolute atomic E-state index is 6.98. The molecule has 8 aromatic carbocycles. The van der Waals surface area contributed by atoms with Crippen LogP contribution in [0.4, 0.5) is 17.1 Å². The molecular formula is C49H31NO2S. The van der Waals surface area contributed by atoms with Gasteiger partial charge in [-0.2, -0.15) is 0 Å². The first-order valence-electron chi connectivity index (χ1n) is 18.2. The first kappa shape index (κ1) is 29.2. The number of nitrogens with zero attached hydrogens (tertiary/aromatic N) is 1. The first-order valence-corrected chi connectivity index (χ1v) is 19.0. The largest absolute Gasteiger partial charge is 0.456 e. The summed E-state index contributed by atoms with van der Waals surface area (Å²) in [7, 11) is 0. The quantitative estimate of drug-likeness (QED) is 0.184. The summed E-state index contributed by atoms with van der Waals surface area (Å²) in [5.41, 5.74) is 12.1. The molecule has 0 radical (unpaired) electrons. The van der Waals surface area contributed by atoms with Crippen molar-refractivity contribution in [2.75, 3.05) is 4.90 Å². The second kappa shape index (κ2) is 10.4. The average Bonchev–Trinajstić information content (AvgIpc) is 3.93. The highest BCUT2D eigenvalue weighted by Gasteiger charge is 2.36. The Morgan fingerprint density at radius 1 is 0.472 bits per heavy atom. The zero-order chi connectivity index (χ0) is 35.0. The number of hydrogen-bond donors (Lipinski definition) is 0. The number of anilines is 3. The minimum Gasteiger partial charge on any atom is -0.456 e. The Balaban J connectivity index is 1.17. The van der Waals surface area contributed by atoms with E-state index in [9.17, 15) is 0 Å². The summed E-state index contributed by atoms with van der Waals surface area (Å²) in [6.07, 6.45) is 0. The maximum atomic E-state index is 6.98. The van der Waals surface area contributed by atoms with Gasteiger partial charge in [-0.25, -0.2) is 0 Å². The number of rotatable bonds is 3. The molecule has 0 atom stereocenters. The van der Waals surface area contributed by atoms with Crippen molar-refractivity contribution in [1.82, 2.24) is 0 Å². The topological polar surface area (TPSA) is 29.5 Å². The molecule has 0 spiro atoms. The Morgan fingerprint density at radius 2 is 1.17 bits per heavy atom. The summed E-state index contributed by atoms with van der Waals surface area (Å²) in [5, 5.41) is 9.19. The third kappa shape index (κ3) is 3.93. The molecular weight excluding hydrogens is 667 g/mol. The summed E-state index contributed by atoms with van der Waals surface area (Å²) < 4.78 is 15.9. The van der Waals surface area contributed by atoms with Crippen LogP contribution in [0.15, 0.2) is 160 Å². The smallest absolute Gasteiger partial charge is 0.144 e. The number of para-hydroxylation sites is 1. The third-order valence-corrected chi connectivity index (χ3v) is 12.8. The predicted molar refractivity (Wildman–Crippen MR) is 224 cm³/mol. The van der Waals surface area contributed by atoms with Crippen LogP contribution in [-0.2, 0) is 5.41 Å². The van der Waals surface area contributed by atoms with Crippen LogP contribution in [0.5, 0.6) is 0 Å². The molecule has 1 aliphatic carbocycles. The molecule has 3 heterocycles. The SMILES string of the molecule is CC1(C)c2ccccc2-c2ccc(N(c3ccc4c(c3)oc3ccccc34)c3cccc4sc5ccc6c7ccc8ccccc8c7oc6c5c34)cc21. The molecule has 12 rings (SSSR count). The molecule has 0 N–H and O–H groups in total. The van der Waals surface area contributed by atoms with Crippen molar-refractivity contribution in [3.05, 3.63) is 163 Å². The fourth-order valence-electron chi connectivity index (χ4n) is 9.14. The van der Waals surface area contributed by atoms with E-state index in [0.29, 0.717) is 0 Å². The second-order valence-corrected chi connectivity index (χ2v) is 15.9. The highest BCUT2D eigenvalue weighted by Crippen LogP contribution is 2.53. The lowest BCUT2D eigenvalue weighted by Crippen LogP contribution is -2.16. The van der Waals surface area contributed by atoms with Gasteiger partial charge in [0.1, 0.15) is 22.3 Å². The van der Waals surface area contributed by atoms with Gasteiger partial charge >= 0.3 is 0 Å². The zero-order valence-corrected chi connectivity index (χ0v) is 29.9. The van der Waals surface area contributed by atoms with Gasteiger partial charge in [0.25, 0.3) is 0 Å². The average molecular weight is 698 g/mol. The Bertz CT molecular complexity index is 3340. The summed E-state index contributed by atoms with van der Waals surface area (Å²) >= 11 is 1.82. The van der Waals surface area contributed by atoms with Gasteiger partial charge in [0.2, 0.25) is 0 Å². The van der Waals surface area contributed by atoms with Gasteiger partial charge in [0, 0.05) is 70.0 Å². The molecule has 11 aromatic rings. The van der Waals surface area contributed by atoms with Crippen molar-refractivity contribution < 1.29 is 8.83 Å². The summed E-state index contributed by atoms with van der Waals surface area (Å²) in [6.45, 7) is 4.70. The molecule has 0 amide bonds. The van der Waals surface area contributed by atoms with E-state index in [0.717, 1.165) is 71.7 Å². The molecule has 0 bridgehead atoms. The zero-order valence-electron chi connectivity index (χ0n) is 29.1. The molecule has 0 unspecified atom stereocenters.